The molecule has 1 aliphatic carbocycles. The number of amides is 1. The Labute approximate surface area is 195 Å². The van der Waals surface area contributed by atoms with Gasteiger partial charge in [0.15, 0.2) is 5.96 Å². The number of carbonyl (C=O) groups is 1. The molecule has 0 unspecified atom stereocenters. The second-order valence-electron chi connectivity index (χ2n) is 7.59. The number of guanidine groups is 1. The minimum Gasteiger partial charge on any atom is -0.450 e. The van der Waals surface area contributed by atoms with Gasteiger partial charge in [-0.05, 0) is 57.2 Å². The third kappa shape index (κ3) is 6.64. The van der Waals surface area contributed by atoms with Gasteiger partial charge in [-0.1, -0.05) is 23.7 Å². The summed E-state index contributed by atoms with van der Waals surface area (Å²) in [5.74, 6) is 0.852. The third-order valence-corrected chi connectivity index (χ3v) is 5.77. The zero-order chi connectivity index (χ0) is 20.0. The molecule has 1 amide bonds. The van der Waals surface area contributed by atoms with Crippen molar-refractivity contribution >= 4 is 47.6 Å². The quantitative estimate of drug-likeness (QED) is 0.327. The molecule has 2 N–H and O–H groups in total. The van der Waals surface area contributed by atoms with Gasteiger partial charge < -0.3 is 20.3 Å². The first-order valence-electron chi connectivity index (χ1n) is 10.3. The zero-order valence-corrected chi connectivity index (χ0v) is 20.3. The van der Waals surface area contributed by atoms with Gasteiger partial charge in [0.25, 0.3) is 0 Å². The number of piperidine rings is 1. The summed E-state index contributed by atoms with van der Waals surface area (Å²) in [6.07, 6.45) is 3.87. The molecule has 2 aliphatic rings. The Kier molecular flexibility index (Phi) is 9.33. The van der Waals surface area contributed by atoms with Crippen LogP contribution in [0, 0.1) is 0 Å². The average Bonchev–Trinajstić information content (AvgIpc) is 3.48. The lowest BCUT2D eigenvalue weighted by Gasteiger charge is -2.32. The number of aliphatic imine (C=N–C) groups is 1. The zero-order valence-electron chi connectivity index (χ0n) is 17.2. The Hall–Kier alpha value is -1.22. The molecule has 1 saturated heterocycles. The van der Waals surface area contributed by atoms with Crippen molar-refractivity contribution in [3.8, 4) is 0 Å². The van der Waals surface area contributed by atoms with Crippen molar-refractivity contribution in [1.29, 1.82) is 0 Å². The van der Waals surface area contributed by atoms with E-state index in [-0.39, 0.29) is 35.5 Å². The van der Waals surface area contributed by atoms with Crippen LogP contribution in [-0.2, 0) is 10.2 Å². The molecular formula is C21H32ClIN4O2. The fraction of sp³-hybridized carbons (Fsp3) is 0.619. The van der Waals surface area contributed by atoms with Crippen molar-refractivity contribution in [3.63, 3.8) is 0 Å². The summed E-state index contributed by atoms with van der Waals surface area (Å²) in [5.41, 5.74) is 1.41. The monoisotopic (exact) mass is 534 g/mol. The molecule has 0 aromatic heterocycles. The van der Waals surface area contributed by atoms with Gasteiger partial charge in [0.1, 0.15) is 0 Å². The molecule has 0 bridgehead atoms. The molecule has 0 atom stereocenters. The maximum atomic E-state index is 11.8. The van der Waals surface area contributed by atoms with E-state index in [4.69, 9.17) is 21.3 Å². The van der Waals surface area contributed by atoms with Gasteiger partial charge in [-0.15, -0.1) is 24.0 Å². The summed E-state index contributed by atoms with van der Waals surface area (Å²) in [4.78, 5) is 18.5. The second kappa shape index (κ2) is 11.2. The summed E-state index contributed by atoms with van der Waals surface area (Å²) in [6, 6.07) is 8.46. The van der Waals surface area contributed by atoms with Crippen molar-refractivity contribution in [2.24, 2.45) is 4.99 Å². The molecule has 2 fully saturated rings. The summed E-state index contributed by atoms with van der Waals surface area (Å²) in [7, 11) is 0. The molecule has 1 aliphatic heterocycles. The number of likely N-dealkylation sites (tertiary alicyclic amines) is 1. The highest BCUT2D eigenvalue weighted by Gasteiger charge is 2.44. The van der Waals surface area contributed by atoms with E-state index in [9.17, 15) is 4.79 Å². The molecule has 0 spiro atoms. The van der Waals surface area contributed by atoms with Gasteiger partial charge in [-0.2, -0.15) is 0 Å². The Morgan fingerprint density at radius 2 is 2.03 bits per heavy atom. The lowest BCUT2D eigenvalue weighted by molar-refractivity contribution is 0.0963. The SMILES string of the molecule is CCNC(=NCC1(c2cccc(Cl)c2)CC1)NC1CCN(C(=O)OCC)CC1.I. The highest BCUT2D eigenvalue weighted by molar-refractivity contribution is 14.0. The molecule has 1 aromatic carbocycles. The molecule has 1 aromatic rings. The average molecular weight is 535 g/mol. The molecule has 162 valence electrons. The number of nitrogens with one attached hydrogen (secondary N) is 2. The number of nitrogens with zero attached hydrogens (tertiary/aromatic N) is 2. The van der Waals surface area contributed by atoms with Gasteiger partial charge >= 0.3 is 6.09 Å². The normalized spacial score (nSPS) is 18.6. The van der Waals surface area contributed by atoms with Crippen LogP contribution in [-0.4, -0.2) is 55.8 Å². The van der Waals surface area contributed by atoms with Crippen LogP contribution in [0.2, 0.25) is 5.02 Å². The summed E-state index contributed by atoms with van der Waals surface area (Å²) in [6.45, 7) is 7.32. The number of halogens is 2. The van der Waals surface area contributed by atoms with Crippen LogP contribution >= 0.6 is 35.6 Å². The third-order valence-electron chi connectivity index (χ3n) is 5.54. The Morgan fingerprint density at radius 3 is 2.62 bits per heavy atom. The minimum absolute atomic E-state index is 0. The maximum Gasteiger partial charge on any atom is 0.409 e. The van der Waals surface area contributed by atoms with Crippen LogP contribution < -0.4 is 10.6 Å². The highest BCUT2D eigenvalue weighted by atomic mass is 127. The van der Waals surface area contributed by atoms with E-state index in [0.29, 0.717) is 25.7 Å². The Morgan fingerprint density at radius 1 is 1.31 bits per heavy atom. The van der Waals surface area contributed by atoms with E-state index in [2.05, 4.69) is 29.7 Å². The van der Waals surface area contributed by atoms with E-state index in [1.54, 1.807) is 4.90 Å². The maximum absolute atomic E-state index is 11.8. The fourth-order valence-electron chi connectivity index (χ4n) is 3.67. The van der Waals surface area contributed by atoms with Crippen molar-refractivity contribution in [2.45, 2.75) is 51.0 Å². The lowest BCUT2D eigenvalue weighted by Crippen LogP contribution is -2.50. The first-order valence-corrected chi connectivity index (χ1v) is 10.7. The first kappa shape index (κ1) is 24.1. The molecule has 29 heavy (non-hydrogen) atoms. The van der Waals surface area contributed by atoms with E-state index in [0.717, 1.165) is 49.8 Å². The van der Waals surface area contributed by atoms with Crippen LogP contribution in [0.1, 0.15) is 45.1 Å². The van der Waals surface area contributed by atoms with Gasteiger partial charge in [0.2, 0.25) is 0 Å². The van der Waals surface area contributed by atoms with E-state index in [1.807, 2.05) is 19.1 Å². The van der Waals surface area contributed by atoms with E-state index in [1.165, 1.54) is 5.56 Å². The summed E-state index contributed by atoms with van der Waals surface area (Å²) < 4.78 is 5.09. The van der Waals surface area contributed by atoms with Gasteiger partial charge in [0, 0.05) is 36.1 Å². The van der Waals surface area contributed by atoms with Gasteiger partial charge in [0.05, 0.1) is 13.2 Å². The van der Waals surface area contributed by atoms with Gasteiger partial charge in [-0.25, -0.2) is 4.79 Å². The highest BCUT2D eigenvalue weighted by Crippen LogP contribution is 2.48. The van der Waals surface area contributed by atoms with Crippen molar-refractivity contribution in [2.75, 3.05) is 32.8 Å². The van der Waals surface area contributed by atoms with Crippen LogP contribution in [0.25, 0.3) is 0 Å². The fourth-order valence-corrected chi connectivity index (χ4v) is 3.86. The number of hydrogen-bond donors (Lipinski definition) is 2. The number of carbonyl (C=O) groups excluding carboxylic acids is 1. The standard InChI is InChI=1S/C21H31ClN4O2.HI/c1-3-23-19(25-18-8-12-26(13-9-18)20(27)28-4-2)24-15-21(10-11-21)16-6-5-7-17(22)14-16;/h5-7,14,18H,3-4,8-13,15H2,1-2H3,(H2,23,24,25);1H. The number of rotatable bonds is 6. The minimum atomic E-state index is -0.210. The predicted octanol–water partition coefficient (Wildman–Crippen LogP) is 4.17. The first-order chi connectivity index (χ1) is 13.6. The molecule has 1 heterocycles. The topological polar surface area (TPSA) is 66.0 Å². The van der Waals surface area contributed by atoms with Crippen LogP contribution in [0.5, 0.6) is 0 Å². The predicted molar refractivity (Wildman–Crippen MR) is 129 cm³/mol. The molecule has 1 saturated carbocycles. The van der Waals surface area contributed by atoms with Crippen LogP contribution in [0.4, 0.5) is 4.79 Å². The summed E-state index contributed by atoms with van der Waals surface area (Å²) >= 11 is 6.18. The number of benzene rings is 1. The van der Waals surface area contributed by atoms with Crippen molar-refractivity contribution in [3.05, 3.63) is 34.9 Å². The van der Waals surface area contributed by atoms with E-state index >= 15 is 0 Å². The van der Waals surface area contributed by atoms with Crippen LogP contribution in [0.15, 0.2) is 29.3 Å². The molecular weight excluding hydrogens is 503 g/mol. The second-order valence-corrected chi connectivity index (χ2v) is 8.03. The number of ether oxygens (including phenoxy) is 1. The van der Waals surface area contributed by atoms with Gasteiger partial charge in [-0.3, -0.25) is 4.99 Å². The number of hydrogen-bond acceptors (Lipinski definition) is 3. The van der Waals surface area contributed by atoms with Crippen molar-refractivity contribution < 1.29 is 9.53 Å². The summed E-state index contributed by atoms with van der Waals surface area (Å²) in [5, 5.41) is 7.68. The molecule has 3 rings (SSSR count). The van der Waals surface area contributed by atoms with Crippen LogP contribution in [0.3, 0.4) is 0 Å². The van der Waals surface area contributed by atoms with Crippen molar-refractivity contribution in [1.82, 2.24) is 15.5 Å². The lowest BCUT2D eigenvalue weighted by atomic mass is 9.96. The largest absolute Gasteiger partial charge is 0.450 e. The molecule has 0 radical (unpaired) electrons. The Bertz CT molecular complexity index is 704. The molecule has 8 heteroatoms. The Balaban J connectivity index is 0.00000300. The molecule has 6 nitrogen and oxygen atoms in total. The van der Waals surface area contributed by atoms with E-state index < -0.39 is 0 Å². The smallest absolute Gasteiger partial charge is 0.409 e.